The Labute approximate surface area is 157 Å². The van der Waals surface area contributed by atoms with Crippen LogP contribution in [-0.2, 0) is 14.6 Å². The van der Waals surface area contributed by atoms with Gasteiger partial charge in [0, 0.05) is 31.3 Å². The number of rotatable bonds is 4. The van der Waals surface area contributed by atoms with Gasteiger partial charge in [0.15, 0.2) is 27.5 Å². The quantitative estimate of drug-likeness (QED) is 0.814. The lowest BCUT2D eigenvalue weighted by Crippen LogP contribution is -2.45. The summed E-state index contributed by atoms with van der Waals surface area (Å²) in [6.45, 7) is 2.19. The summed E-state index contributed by atoms with van der Waals surface area (Å²) in [6.07, 6.45) is 2.00. The van der Waals surface area contributed by atoms with E-state index in [-0.39, 0.29) is 24.4 Å². The molecule has 146 valence electrons. The number of halogens is 3. The molecule has 2 aliphatic rings. The smallest absolute Gasteiger partial charge is 0.263 e. The number of carbonyl (C=O) groups excluding carboxylic acids is 1. The van der Waals surface area contributed by atoms with Crippen molar-refractivity contribution in [1.82, 2.24) is 10.2 Å². The molecule has 6 nitrogen and oxygen atoms in total. The summed E-state index contributed by atoms with van der Waals surface area (Å²) in [5.41, 5.74) is 0. The van der Waals surface area contributed by atoms with Gasteiger partial charge in [-0.3, -0.25) is 4.79 Å². The monoisotopic (exact) mass is 410 g/mol. The van der Waals surface area contributed by atoms with E-state index in [9.17, 15) is 22.0 Å². The molecule has 0 spiro atoms. The highest BCUT2D eigenvalue weighted by Gasteiger charge is 2.38. The molecular weight excluding hydrogens is 390 g/mol. The van der Waals surface area contributed by atoms with Crippen molar-refractivity contribution >= 4 is 28.2 Å². The van der Waals surface area contributed by atoms with Gasteiger partial charge >= 0.3 is 0 Å². The van der Waals surface area contributed by atoms with Gasteiger partial charge in [0.2, 0.25) is 0 Å². The summed E-state index contributed by atoms with van der Waals surface area (Å²) in [4.78, 5) is 13.5. The zero-order chi connectivity index (χ0) is 18.2. The molecule has 0 unspecified atom stereocenters. The molecule has 2 saturated heterocycles. The Morgan fingerprint density at radius 1 is 1.15 bits per heavy atom. The molecule has 1 aromatic rings. The van der Waals surface area contributed by atoms with E-state index >= 15 is 0 Å². The lowest BCUT2D eigenvalue weighted by atomic mass is 10.1. The molecule has 2 fully saturated rings. The average Bonchev–Trinajstić information content (AvgIpc) is 2.91. The Kier molecular flexibility index (Phi) is 6.46. The van der Waals surface area contributed by atoms with Crippen LogP contribution in [0.1, 0.15) is 19.3 Å². The second-order valence-electron chi connectivity index (χ2n) is 6.39. The van der Waals surface area contributed by atoms with Crippen LogP contribution in [0.25, 0.3) is 0 Å². The van der Waals surface area contributed by atoms with Gasteiger partial charge in [0.25, 0.3) is 5.91 Å². The van der Waals surface area contributed by atoms with Crippen molar-refractivity contribution in [2.45, 2.75) is 36.3 Å². The van der Waals surface area contributed by atoms with E-state index in [4.69, 9.17) is 4.74 Å². The summed E-state index contributed by atoms with van der Waals surface area (Å²) in [6, 6.07) is 1.41. The third kappa shape index (κ3) is 4.27. The topological polar surface area (TPSA) is 75.7 Å². The predicted molar refractivity (Wildman–Crippen MR) is 93.4 cm³/mol. The first-order valence-electron chi connectivity index (χ1n) is 8.14. The lowest BCUT2D eigenvalue weighted by molar-refractivity contribution is -0.135. The van der Waals surface area contributed by atoms with Crippen LogP contribution in [0, 0.1) is 11.6 Å². The van der Waals surface area contributed by atoms with Crippen LogP contribution in [0.15, 0.2) is 17.0 Å². The summed E-state index contributed by atoms with van der Waals surface area (Å²) >= 11 is 0. The number of amides is 1. The highest BCUT2D eigenvalue weighted by molar-refractivity contribution is 7.90. The van der Waals surface area contributed by atoms with Gasteiger partial charge in [0.05, 0.1) is 0 Å². The summed E-state index contributed by atoms with van der Waals surface area (Å²) in [7, 11) is -3.89. The van der Waals surface area contributed by atoms with Crippen LogP contribution < -0.4 is 10.1 Å². The molecule has 0 saturated carbocycles. The maximum absolute atomic E-state index is 14.1. The lowest BCUT2D eigenvalue weighted by Gasteiger charge is -2.31. The number of hydrogen-bond acceptors (Lipinski definition) is 5. The molecule has 1 amide bonds. The summed E-state index contributed by atoms with van der Waals surface area (Å²) < 4.78 is 56.2. The second kappa shape index (κ2) is 8.06. The molecule has 0 aliphatic carbocycles. The molecule has 1 N–H and O–H groups in total. The number of sulfone groups is 1. The van der Waals surface area contributed by atoms with Crippen molar-refractivity contribution in [1.29, 1.82) is 0 Å². The number of ether oxygens (including phenoxy) is 1. The molecular formula is C16H21ClF2N2O4S. The minimum absolute atomic E-state index is 0. The number of nitrogens with zero attached hydrogens (tertiary/aromatic N) is 1. The van der Waals surface area contributed by atoms with E-state index in [1.54, 1.807) is 4.90 Å². The minimum atomic E-state index is -3.89. The van der Waals surface area contributed by atoms with E-state index in [0.717, 1.165) is 32.2 Å². The van der Waals surface area contributed by atoms with Gasteiger partial charge in [-0.25, -0.2) is 17.2 Å². The van der Waals surface area contributed by atoms with Crippen molar-refractivity contribution in [2.24, 2.45) is 0 Å². The molecule has 0 bridgehead atoms. The van der Waals surface area contributed by atoms with E-state index in [1.807, 2.05) is 0 Å². The van der Waals surface area contributed by atoms with Crippen LogP contribution in [0.2, 0.25) is 0 Å². The Balaban J connectivity index is 0.00000243. The summed E-state index contributed by atoms with van der Waals surface area (Å²) in [5.74, 6) is -2.79. The van der Waals surface area contributed by atoms with Crippen molar-refractivity contribution in [3.05, 3.63) is 23.8 Å². The van der Waals surface area contributed by atoms with E-state index in [0.29, 0.717) is 25.1 Å². The molecule has 10 heteroatoms. The maximum Gasteiger partial charge on any atom is 0.263 e. The molecule has 0 radical (unpaired) electrons. The number of hydrogen-bond donors (Lipinski definition) is 1. The highest BCUT2D eigenvalue weighted by atomic mass is 35.5. The van der Waals surface area contributed by atoms with Gasteiger partial charge in [-0.2, -0.15) is 0 Å². The Morgan fingerprint density at radius 2 is 1.81 bits per heavy atom. The number of likely N-dealkylation sites (tertiary alicyclic amines) is 1. The SMILES string of the molecule is CS(=O)(=O)c1cc(F)c(O[C@H]2CCN(C3CCNCC3)C2=O)cc1F.Cl. The van der Waals surface area contributed by atoms with Gasteiger partial charge < -0.3 is 15.0 Å². The number of carbonyl (C=O) groups is 1. The number of nitrogens with one attached hydrogen (secondary N) is 1. The third-order valence-corrected chi connectivity index (χ3v) is 5.71. The van der Waals surface area contributed by atoms with Gasteiger partial charge in [-0.1, -0.05) is 0 Å². The molecule has 1 aromatic carbocycles. The average molecular weight is 411 g/mol. The van der Waals surface area contributed by atoms with Crippen LogP contribution in [-0.4, -0.2) is 57.3 Å². The van der Waals surface area contributed by atoms with Crippen LogP contribution >= 0.6 is 12.4 Å². The van der Waals surface area contributed by atoms with Gasteiger partial charge in [-0.05, 0) is 32.0 Å². The predicted octanol–water partition coefficient (Wildman–Crippen LogP) is 1.52. The second-order valence-corrected chi connectivity index (χ2v) is 8.38. The Bertz CT molecular complexity index is 785. The van der Waals surface area contributed by atoms with Crippen LogP contribution in [0.5, 0.6) is 5.75 Å². The largest absolute Gasteiger partial charge is 0.477 e. The summed E-state index contributed by atoms with van der Waals surface area (Å²) in [5, 5.41) is 3.23. The van der Waals surface area contributed by atoms with E-state index in [2.05, 4.69) is 5.32 Å². The van der Waals surface area contributed by atoms with Gasteiger partial charge in [0.1, 0.15) is 10.7 Å². The van der Waals surface area contributed by atoms with Crippen molar-refractivity contribution in [3.63, 3.8) is 0 Å². The molecule has 26 heavy (non-hydrogen) atoms. The fourth-order valence-electron chi connectivity index (χ4n) is 3.30. The molecule has 1 atom stereocenters. The van der Waals surface area contributed by atoms with Crippen molar-refractivity contribution in [2.75, 3.05) is 25.9 Å². The maximum atomic E-state index is 14.1. The number of benzene rings is 1. The normalized spacial score (nSPS) is 21.6. The first-order chi connectivity index (χ1) is 11.8. The number of piperidine rings is 1. The molecule has 2 aliphatic heterocycles. The molecule has 3 rings (SSSR count). The fourth-order valence-corrected chi connectivity index (χ4v) is 4.03. The minimum Gasteiger partial charge on any atom is -0.477 e. The van der Waals surface area contributed by atoms with E-state index in [1.165, 1.54) is 0 Å². The van der Waals surface area contributed by atoms with Crippen molar-refractivity contribution in [3.8, 4) is 5.75 Å². The zero-order valence-corrected chi connectivity index (χ0v) is 15.8. The zero-order valence-electron chi connectivity index (χ0n) is 14.2. The van der Waals surface area contributed by atoms with Crippen LogP contribution in [0.3, 0.4) is 0 Å². The van der Waals surface area contributed by atoms with E-state index < -0.39 is 38.2 Å². The standard InChI is InChI=1S/C16H20F2N2O4S.ClH/c1-25(22,23)15-9-11(17)14(8-12(15)18)24-13-4-7-20(16(13)21)10-2-5-19-6-3-10;/h8-10,13,19H,2-7H2,1H3;1H/t13-;/m0./s1. The first kappa shape index (κ1) is 20.9. The Hall–Kier alpha value is -1.45. The third-order valence-electron chi connectivity index (χ3n) is 4.60. The first-order valence-corrected chi connectivity index (χ1v) is 10.0. The highest BCUT2D eigenvalue weighted by Crippen LogP contribution is 2.28. The van der Waals surface area contributed by atoms with Crippen LogP contribution in [0.4, 0.5) is 8.78 Å². The van der Waals surface area contributed by atoms with Crippen molar-refractivity contribution < 1.29 is 26.7 Å². The Morgan fingerprint density at radius 3 is 2.42 bits per heavy atom. The van der Waals surface area contributed by atoms with Gasteiger partial charge in [-0.15, -0.1) is 12.4 Å². The molecule has 0 aromatic heterocycles. The fraction of sp³-hybridized carbons (Fsp3) is 0.562. The molecule has 2 heterocycles.